The van der Waals surface area contributed by atoms with Gasteiger partial charge < -0.3 is 14.2 Å². The molecule has 25 heavy (non-hydrogen) atoms. The van der Waals surface area contributed by atoms with Gasteiger partial charge in [0.05, 0.1) is 4.90 Å². The first-order valence-electron chi connectivity index (χ1n) is 7.71. The molecule has 0 unspecified atom stereocenters. The number of anilines is 1. The lowest BCUT2D eigenvalue weighted by molar-refractivity contribution is -0.120. The quantitative estimate of drug-likeness (QED) is 0.790. The summed E-state index contributed by atoms with van der Waals surface area (Å²) >= 11 is 0. The van der Waals surface area contributed by atoms with E-state index in [9.17, 15) is 13.2 Å². The van der Waals surface area contributed by atoms with Crippen LogP contribution in [0.15, 0.2) is 33.7 Å². The molecular formula is C16H19N3O5S. The third-order valence-electron chi connectivity index (χ3n) is 3.98. The van der Waals surface area contributed by atoms with Gasteiger partial charge in [-0.15, -0.1) is 0 Å². The molecular weight excluding hydrogens is 346 g/mol. The number of nitrogens with zero attached hydrogens (tertiary/aromatic N) is 3. The number of hydrogen-bond acceptors (Lipinski definition) is 6. The molecule has 0 atom stereocenters. The number of hydrogen-bond donors (Lipinski definition) is 0. The lowest BCUT2D eigenvalue weighted by Gasteiger charge is -2.18. The topological polar surface area (TPSA) is 93.0 Å². The Morgan fingerprint density at radius 3 is 2.76 bits per heavy atom. The Bertz CT molecular complexity index is 904. The van der Waals surface area contributed by atoms with E-state index in [-0.39, 0.29) is 23.3 Å². The highest BCUT2D eigenvalue weighted by Crippen LogP contribution is 2.31. The number of rotatable bonds is 5. The van der Waals surface area contributed by atoms with E-state index < -0.39 is 10.0 Å². The number of fused-ring (bicyclic) bond motifs is 1. The second kappa shape index (κ2) is 6.49. The molecule has 0 fully saturated rings. The van der Waals surface area contributed by atoms with Crippen molar-refractivity contribution >= 4 is 21.6 Å². The molecule has 0 spiro atoms. The molecule has 134 valence electrons. The number of benzene rings is 1. The number of aromatic nitrogens is 1. The summed E-state index contributed by atoms with van der Waals surface area (Å²) in [6.07, 6.45) is 0.598. The Kier molecular flexibility index (Phi) is 4.53. The largest absolute Gasteiger partial charge is 0.465 e. The zero-order chi connectivity index (χ0) is 18.2. The molecule has 1 aliphatic heterocycles. The van der Waals surface area contributed by atoms with Gasteiger partial charge in [-0.2, -0.15) is 0 Å². The van der Waals surface area contributed by atoms with Crippen LogP contribution in [0.1, 0.15) is 11.3 Å². The average molecular weight is 365 g/mol. The van der Waals surface area contributed by atoms with Crippen LogP contribution in [-0.4, -0.2) is 51.0 Å². The normalized spacial score (nSPS) is 14.0. The Labute approximate surface area is 146 Å². The van der Waals surface area contributed by atoms with E-state index >= 15 is 0 Å². The van der Waals surface area contributed by atoms with Gasteiger partial charge in [0, 0.05) is 32.4 Å². The number of sulfonamides is 1. The minimum atomic E-state index is -3.49. The van der Waals surface area contributed by atoms with Crippen molar-refractivity contribution in [2.75, 3.05) is 32.1 Å². The standard InChI is InChI=1S/C16H19N3O5S/c1-11-8-15(17-24-11)23-10-16(20)19-7-6-12-9-13(4-5-14(12)19)25(21,22)18(2)3/h4-5,8-9H,6-7,10H2,1-3H3. The van der Waals surface area contributed by atoms with Crippen molar-refractivity contribution in [2.45, 2.75) is 18.2 Å². The summed E-state index contributed by atoms with van der Waals surface area (Å²) in [7, 11) is -0.519. The van der Waals surface area contributed by atoms with Crippen molar-refractivity contribution < 1.29 is 22.5 Å². The SMILES string of the molecule is Cc1cc(OCC(=O)N2CCc3cc(S(=O)(=O)N(C)C)ccc32)no1. The molecule has 9 heteroatoms. The number of aryl methyl sites for hydroxylation is 1. The smallest absolute Gasteiger partial charge is 0.264 e. The zero-order valence-corrected chi connectivity index (χ0v) is 15.0. The van der Waals surface area contributed by atoms with E-state index in [4.69, 9.17) is 9.26 Å². The third-order valence-corrected chi connectivity index (χ3v) is 5.79. The van der Waals surface area contributed by atoms with Crippen molar-refractivity contribution in [3.8, 4) is 5.88 Å². The molecule has 0 radical (unpaired) electrons. The second-order valence-electron chi connectivity index (χ2n) is 5.94. The molecule has 0 saturated carbocycles. The third kappa shape index (κ3) is 3.38. The first kappa shape index (κ1) is 17.4. The summed E-state index contributed by atoms with van der Waals surface area (Å²) in [6, 6.07) is 6.40. The molecule has 1 amide bonds. The van der Waals surface area contributed by atoms with Gasteiger partial charge in [-0.05, 0) is 42.3 Å². The monoisotopic (exact) mass is 365 g/mol. The second-order valence-corrected chi connectivity index (χ2v) is 8.09. The number of carbonyl (C=O) groups excluding carboxylic acids is 1. The molecule has 1 aromatic heterocycles. The van der Waals surface area contributed by atoms with E-state index in [0.29, 0.717) is 24.4 Å². The molecule has 2 heterocycles. The van der Waals surface area contributed by atoms with Crippen LogP contribution in [0, 0.1) is 6.92 Å². The van der Waals surface area contributed by atoms with Crippen LogP contribution in [0.25, 0.3) is 0 Å². The summed E-state index contributed by atoms with van der Waals surface area (Å²) in [5, 5.41) is 3.67. The maximum absolute atomic E-state index is 12.4. The Morgan fingerprint density at radius 1 is 1.36 bits per heavy atom. The van der Waals surface area contributed by atoms with Gasteiger partial charge in [-0.1, -0.05) is 0 Å². The number of carbonyl (C=O) groups is 1. The molecule has 2 aromatic rings. The molecule has 0 N–H and O–H groups in total. The molecule has 0 saturated heterocycles. The minimum absolute atomic E-state index is 0.164. The molecule has 1 aromatic carbocycles. The van der Waals surface area contributed by atoms with Gasteiger partial charge in [0.15, 0.2) is 6.61 Å². The van der Waals surface area contributed by atoms with Crippen molar-refractivity contribution in [1.29, 1.82) is 0 Å². The fraction of sp³-hybridized carbons (Fsp3) is 0.375. The van der Waals surface area contributed by atoms with E-state index in [1.165, 1.54) is 24.5 Å². The Hall–Kier alpha value is -2.39. The van der Waals surface area contributed by atoms with Crippen LogP contribution in [-0.2, 0) is 21.2 Å². The van der Waals surface area contributed by atoms with Gasteiger partial charge in [0.1, 0.15) is 5.76 Å². The van der Waals surface area contributed by atoms with Crippen molar-refractivity contribution in [3.63, 3.8) is 0 Å². The highest BCUT2D eigenvalue weighted by Gasteiger charge is 2.27. The molecule has 8 nitrogen and oxygen atoms in total. The van der Waals surface area contributed by atoms with Gasteiger partial charge in [0.25, 0.3) is 11.8 Å². The highest BCUT2D eigenvalue weighted by molar-refractivity contribution is 7.89. The fourth-order valence-corrected chi connectivity index (χ4v) is 3.59. The fourth-order valence-electron chi connectivity index (χ4n) is 2.63. The molecule has 0 aliphatic carbocycles. The van der Waals surface area contributed by atoms with E-state index in [1.807, 2.05) is 0 Å². The van der Waals surface area contributed by atoms with Crippen LogP contribution in [0.3, 0.4) is 0 Å². The average Bonchev–Trinajstić information content (AvgIpc) is 3.17. The zero-order valence-electron chi connectivity index (χ0n) is 14.2. The lowest BCUT2D eigenvalue weighted by Crippen LogP contribution is -2.33. The molecule has 0 bridgehead atoms. The van der Waals surface area contributed by atoms with E-state index in [1.54, 1.807) is 30.0 Å². The Morgan fingerprint density at radius 2 is 2.12 bits per heavy atom. The van der Waals surface area contributed by atoms with E-state index in [2.05, 4.69) is 5.16 Å². The molecule has 1 aliphatic rings. The minimum Gasteiger partial charge on any atom is -0.465 e. The molecule has 3 rings (SSSR count). The predicted octanol–water partition coefficient (Wildman–Crippen LogP) is 1.20. The number of ether oxygens (including phenoxy) is 1. The summed E-state index contributed by atoms with van der Waals surface area (Å²) in [5.41, 5.74) is 1.54. The van der Waals surface area contributed by atoms with E-state index in [0.717, 1.165) is 5.56 Å². The summed E-state index contributed by atoms with van der Waals surface area (Å²) < 4.78 is 35.8. The van der Waals surface area contributed by atoms with Gasteiger partial charge >= 0.3 is 0 Å². The first-order valence-corrected chi connectivity index (χ1v) is 9.15. The van der Waals surface area contributed by atoms with Crippen LogP contribution in [0.2, 0.25) is 0 Å². The van der Waals surface area contributed by atoms with Crippen molar-refractivity contribution in [2.24, 2.45) is 0 Å². The van der Waals surface area contributed by atoms with Gasteiger partial charge in [-0.3, -0.25) is 4.79 Å². The van der Waals surface area contributed by atoms with Crippen LogP contribution < -0.4 is 9.64 Å². The first-order chi connectivity index (χ1) is 11.8. The number of amides is 1. The van der Waals surface area contributed by atoms with Crippen LogP contribution in [0.5, 0.6) is 5.88 Å². The summed E-state index contributed by atoms with van der Waals surface area (Å²) in [6.45, 7) is 2.06. The van der Waals surface area contributed by atoms with Crippen LogP contribution in [0.4, 0.5) is 5.69 Å². The predicted molar refractivity (Wildman–Crippen MR) is 90.1 cm³/mol. The summed E-state index contributed by atoms with van der Waals surface area (Å²) in [5.74, 6) is 0.643. The maximum atomic E-state index is 12.4. The van der Waals surface area contributed by atoms with Crippen LogP contribution >= 0.6 is 0 Å². The van der Waals surface area contributed by atoms with Gasteiger partial charge in [0.2, 0.25) is 10.0 Å². The van der Waals surface area contributed by atoms with Crippen molar-refractivity contribution in [1.82, 2.24) is 9.46 Å². The lowest BCUT2D eigenvalue weighted by atomic mass is 10.2. The maximum Gasteiger partial charge on any atom is 0.264 e. The van der Waals surface area contributed by atoms with Crippen molar-refractivity contribution in [3.05, 3.63) is 35.6 Å². The Balaban J connectivity index is 1.74. The highest BCUT2D eigenvalue weighted by atomic mass is 32.2. The van der Waals surface area contributed by atoms with Gasteiger partial charge in [-0.25, -0.2) is 12.7 Å². The summed E-state index contributed by atoms with van der Waals surface area (Å²) in [4.78, 5) is 14.2.